The second-order valence-electron chi connectivity index (χ2n) is 19.0. The van der Waals surface area contributed by atoms with E-state index in [1.54, 1.807) is 53.5 Å². The number of aliphatic hydroxyl groups excluding tert-OH is 2. The highest BCUT2D eigenvalue weighted by Crippen LogP contribution is 2.62. The Balaban J connectivity index is 1.24. The van der Waals surface area contributed by atoms with Gasteiger partial charge in [0.25, 0.3) is 5.69 Å². The SMILES string of the molecule is C=CCOC12Oc3ccc(Oc4ccc(OC)c(C=O)c4)cc3C3C(CCCCO)C(CCCCO)C=C(C(=NOCc4ccccc4)CC1N(Cc1ccc4c(c1)OCO4)C(=O)C=Cc1ccc([N+](=O)[O-])cc1)C32. The van der Waals surface area contributed by atoms with E-state index in [0.717, 1.165) is 35.1 Å². The van der Waals surface area contributed by atoms with Gasteiger partial charge in [-0.3, -0.25) is 19.7 Å². The van der Waals surface area contributed by atoms with E-state index < -0.39 is 28.6 Å². The van der Waals surface area contributed by atoms with Gasteiger partial charge in [0.2, 0.25) is 18.5 Å². The minimum atomic E-state index is -1.61. The average molecular weight is 1020 g/mol. The number of hydrogen-bond acceptors (Lipinski definition) is 14. The standard InChI is InChI=1S/C59H61N3O13/c1-3-29-72-59-55(61(35-41-17-23-53-54(30-41)71-38-70-53)56(66)26-18-39-15-19-44(20-16-39)62(67)68)34-50(60-73-37-40-11-5-4-6-12-40)48-32-42(13-7-9-27-63)47(14-8-10-28-64)57(58(48)59)49-33-46(22-25-52(49)75-59)74-45-21-24-51(69-2)43(31-45)36-65/h3-6,11-12,15-26,30-33,36,42,47,55,57-58,63-64H,1,7-10,13-14,27-29,34-35,37-38H2,2H3. The fourth-order valence-electron chi connectivity index (χ4n) is 11.0. The molecule has 5 aromatic carbocycles. The summed E-state index contributed by atoms with van der Waals surface area (Å²) in [5.41, 5.74) is 4.75. The number of carbonyl (C=O) groups is 2. The van der Waals surface area contributed by atoms with Crippen LogP contribution in [0.4, 0.5) is 5.69 Å². The summed E-state index contributed by atoms with van der Waals surface area (Å²) in [6.45, 7) is 4.46. The quantitative estimate of drug-likeness (QED) is 0.0148. The Morgan fingerprint density at radius 2 is 1.64 bits per heavy atom. The van der Waals surface area contributed by atoms with Crippen LogP contribution in [0.3, 0.4) is 0 Å². The molecule has 1 amide bonds. The van der Waals surface area contributed by atoms with Crippen LogP contribution in [0, 0.1) is 27.9 Å². The third kappa shape index (κ3) is 11.5. The molecule has 2 aliphatic carbocycles. The predicted molar refractivity (Wildman–Crippen MR) is 280 cm³/mol. The monoisotopic (exact) mass is 1020 g/mol. The van der Waals surface area contributed by atoms with Gasteiger partial charge < -0.3 is 48.4 Å². The maximum Gasteiger partial charge on any atom is 0.269 e. The van der Waals surface area contributed by atoms with Crippen LogP contribution >= 0.6 is 0 Å². The van der Waals surface area contributed by atoms with Gasteiger partial charge in [0.1, 0.15) is 35.6 Å². The highest BCUT2D eigenvalue weighted by molar-refractivity contribution is 6.03. The fourth-order valence-corrected chi connectivity index (χ4v) is 11.0. The third-order valence-corrected chi connectivity index (χ3v) is 14.4. The van der Waals surface area contributed by atoms with Crippen LogP contribution in [0.25, 0.3) is 6.08 Å². The van der Waals surface area contributed by atoms with Gasteiger partial charge >= 0.3 is 0 Å². The Hall–Kier alpha value is -7.79. The predicted octanol–water partition coefficient (Wildman–Crippen LogP) is 10.5. The molecule has 4 aliphatic rings. The number of allylic oxidation sites excluding steroid dienone is 1. The molecule has 390 valence electrons. The Kier molecular flexibility index (Phi) is 16.7. The fraction of sp³-hybridized carbons (Fsp3) is 0.339. The second-order valence-corrected chi connectivity index (χ2v) is 19.0. The van der Waals surface area contributed by atoms with E-state index in [0.29, 0.717) is 83.3 Å². The first-order valence-electron chi connectivity index (χ1n) is 25.3. The summed E-state index contributed by atoms with van der Waals surface area (Å²) in [4.78, 5) is 46.6. The molecule has 2 N–H and O–H groups in total. The molecule has 9 rings (SSSR count). The third-order valence-electron chi connectivity index (χ3n) is 14.4. The lowest BCUT2D eigenvalue weighted by atomic mass is 9.55. The molecule has 0 radical (unpaired) electrons. The highest BCUT2D eigenvalue weighted by atomic mass is 16.7. The summed E-state index contributed by atoms with van der Waals surface area (Å²) in [6.07, 6.45) is 11.9. The Morgan fingerprint density at radius 3 is 2.39 bits per heavy atom. The van der Waals surface area contributed by atoms with E-state index in [-0.39, 0.29) is 69.6 Å². The summed E-state index contributed by atoms with van der Waals surface area (Å²) < 4.78 is 38.1. The van der Waals surface area contributed by atoms with Crippen molar-refractivity contribution in [2.24, 2.45) is 22.9 Å². The van der Waals surface area contributed by atoms with Crippen molar-refractivity contribution in [1.82, 2.24) is 4.90 Å². The van der Waals surface area contributed by atoms with Gasteiger partial charge in [-0.15, -0.1) is 6.58 Å². The van der Waals surface area contributed by atoms with Crippen molar-refractivity contribution in [2.75, 3.05) is 33.7 Å². The number of hydrogen-bond donors (Lipinski definition) is 2. The van der Waals surface area contributed by atoms with E-state index in [1.165, 1.54) is 25.3 Å². The molecule has 2 aliphatic heterocycles. The number of carbonyl (C=O) groups excluding carboxylic acids is 2. The molecule has 16 nitrogen and oxygen atoms in total. The number of aldehydes is 1. The van der Waals surface area contributed by atoms with Gasteiger partial charge in [-0.1, -0.05) is 66.5 Å². The molecule has 75 heavy (non-hydrogen) atoms. The molecule has 1 saturated carbocycles. The number of aliphatic hydroxyl groups is 2. The minimum Gasteiger partial charge on any atom is -0.496 e. The number of unbranched alkanes of at least 4 members (excludes halogenated alkanes) is 2. The lowest BCUT2D eigenvalue weighted by Gasteiger charge is -2.60. The maximum atomic E-state index is 15.4. The van der Waals surface area contributed by atoms with Crippen LogP contribution < -0.4 is 23.7 Å². The first-order chi connectivity index (χ1) is 36.7. The molecule has 1 fully saturated rings. The number of fused-ring (bicyclic) bond motifs is 3. The number of benzene rings is 5. The number of oxime groups is 1. The van der Waals surface area contributed by atoms with Crippen LogP contribution in [-0.4, -0.2) is 83.5 Å². The zero-order valence-corrected chi connectivity index (χ0v) is 41.8. The Morgan fingerprint density at radius 1 is 0.893 bits per heavy atom. The van der Waals surface area contributed by atoms with Crippen LogP contribution in [-0.2, 0) is 27.5 Å². The minimum absolute atomic E-state index is 0.0216. The molecule has 6 unspecified atom stereocenters. The normalized spacial score (nSPS) is 21.6. The van der Waals surface area contributed by atoms with Gasteiger partial charge in [0, 0.05) is 55.9 Å². The zero-order valence-electron chi connectivity index (χ0n) is 41.8. The number of ether oxygens (including phenoxy) is 6. The van der Waals surface area contributed by atoms with Crippen molar-refractivity contribution in [2.45, 2.75) is 75.8 Å². The molecule has 0 aromatic heterocycles. The van der Waals surface area contributed by atoms with Gasteiger partial charge in [-0.05, 0) is 127 Å². The number of methoxy groups -OCH3 is 1. The number of nitro benzene ring substituents is 1. The summed E-state index contributed by atoms with van der Waals surface area (Å²) in [5.74, 6) is -0.191. The number of nitro groups is 1. The molecular formula is C59H61N3O13. The average Bonchev–Trinajstić information content (AvgIpc) is 3.94. The van der Waals surface area contributed by atoms with E-state index in [9.17, 15) is 25.1 Å². The zero-order chi connectivity index (χ0) is 52.3. The van der Waals surface area contributed by atoms with Crippen molar-refractivity contribution in [3.8, 4) is 34.5 Å². The Labute approximate surface area is 435 Å². The smallest absolute Gasteiger partial charge is 0.269 e. The lowest BCUT2D eigenvalue weighted by Crippen LogP contribution is -2.70. The van der Waals surface area contributed by atoms with Crippen molar-refractivity contribution in [3.63, 3.8) is 0 Å². The topological polar surface area (TPSA) is 198 Å². The van der Waals surface area contributed by atoms with Crippen molar-refractivity contribution in [1.29, 1.82) is 0 Å². The number of amides is 1. The molecular weight excluding hydrogens is 959 g/mol. The molecule has 0 bridgehead atoms. The van der Waals surface area contributed by atoms with Crippen LogP contribution in [0.5, 0.6) is 34.5 Å². The van der Waals surface area contributed by atoms with Crippen molar-refractivity contribution >= 4 is 29.7 Å². The van der Waals surface area contributed by atoms with Crippen molar-refractivity contribution in [3.05, 3.63) is 178 Å². The summed E-state index contributed by atoms with van der Waals surface area (Å²) >= 11 is 0. The number of non-ortho nitro benzene ring substituents is 1. The van der Waals surface area contributed by atoms with Crippen LogP contribution in [0.2, 0.25) is 0 Å². The molecule has 16 heteroatoms. The second kappa shape index (κ2) is 24.0. The van der Waals surface area contributed by atoms with Gasteiger partial charge in [-0.2, -0.15) is 0 Å². The highest BCUT2D eigenvalue weighted by Gasteiger charge is 2.65. The lowest BCUT2D eigenvalue weighted by molar-refractivity contribution is -0.384. The first-order valence-corrected chi connectivity index (χ1v) is 25.3. The van der Waals surface area contributed by atoms with Gasteiger partial charge in [0.05, 0.1) is 35.8 Å². The Bertz CT molecular complexity index is 2940. The maximum absolute atomic E-state index is 15.4. The summed E-state index contributed by atoms with van der Waals surface area (Å²) in [7, 11) is 1.50. The van der Waals surface area contributed by atoms with Crippen LogP contribution in [0.15, 0.2) is 145 Å². The van der Waals surface area contributed by atoms with Gasteiger partial charge in [0.15, 0.2) is 17.8 Å². The van der Waals surface area contributed by atoms with E-state index >= 15 is 4.79 Å². The largest absolute Gasteiger partial charge is 0.496 e. The molecule has 5 aromatic rings. The first kappa shape index (κ1) is 52.1. The molecule has 6 atom stereocenters. The summed E-state index contributed by atoms with van der Waals surface area (Å²) in [6, 6.07) is 31.0. The molecule has 0 spiro atoms. The van der Waals surface area contributed by atoms with E-state index in [1.807, 2.05) is 60.7 Å². The number of rotatable bonds is 24. The van der Waals surface area contributed by atoms with Gasteiger partial charge in [-0.25, -0.2) is 0 Å². The van der Waals surface area contributed by atoms with E-state index in [2.05, 4.69) is 12.7 Å². The number of nitrogens with zero attached hydrogens (tertiary/aromatic N) is 3. The van der Waals surface area contributed by atoms with Crippen molar-refractivity contribution < 1.29 is 58.0 Å². The summed E-state index contributed by atoms with van der Waals surface area (Å²) in [5, 5.41) is 36.7. The molecule has 2 heterocycles. The van der Waals surface area contributed by atoms with Crippen LogP contribution in [0.1, 0.15) is 83.5 Å². The molecule has 0 saturated heterocycles. The van der Waals surface area contributed by atoms with E-state index in [4.69, 9.17) is 38.4 Å².